The van der Waals surface area contributed by atoms with E-state index in [1.807, 2.05) is 36.7 Å². The summed E-state index contributed by atoms with van der Waals surface area (Å²) in [6.45, 7) is 1.98. The molecule has 0 saturated carbocycles. The van der Waals surface area contributed by atoms with E-state index in [0.29, 0.717) is 5.88 Å². The number of aromatic nitrogens is 3. The minimum atomic E-state index is 0.336. The molecule has 2 N–H and O–H groups in total. The summed E-state index contributed by atoms with van der Waals surface area (Å²) in [5.74, 6) is 1.32. The second-order valence-electron chi connectivity index (χ2n) is 4.03. The van der Waals surface area contributed by atoms with Gasteiger partial charge in [-0.3, -0.25) is 0 Å². The smallest absolute Gasteiger partial charge is 0.229 e. The Morgan fingerprint density at radius 1 is 1.35 bits per heavy atom. The first-order chi connectivity index (χ1) is 8.16. The summed E-state index contributed by atoms with van der Waals surface area (Å²) in [7, 11) is 1.99. The highest BCUT2D eigenvalue weighted by atomic mass is 16.5. The molecular weight excluding hydrogens is 216 g/mol. The zero-order valence-electron chi connectivity index (χ0n) is 9.64. The first-order valence-corrected chi connectivity index (χ1v) is 5.30. The number of hydrogen-bond donors (Lipinski definition) is 1. The molecule has 5 heteroatoms. The number of anilines is 1. The fourth-order valence-electron chi connectivity index (χ4n) is 1.94. The van der Waals surface area contributed by atoms with Crippen LogP contribution in [0.4, 0.5) is 5.88 Å². The molecule has 0 unspecified atom stereocenters. The topological polar surface area (TPSA) is 69.9 Å². The van der Waals surface area contributed by atoms with Crippen molar-refractivity contribution >= 4 is 16.9 Å². The normalized spacial score (nSPS) is 11.2. The average molecular weight is 228 g/mol. The molecule has 1 aromatic carbocycles. The molecule has 2 heterocycles. The van der Waals surface area contributed by atoms with Gasteiger partial charge in [-0.05, 0) is 24.6 Å². The molecule has 3 rings (SSSR count). The molecule has 0 fully saturated rings. The first-order valence-electron chi connectivity index (χ1n) is 5.30. The highest BCUT2D eigenvalue weighted by Crippen LogP contribution is 2.28. The van der Waals surface area contributed by atoms with E-state index in [0.717, 1.165) is 28.0 Å². The maximum Gasteiger partial charge on any atom is 0.229 e. The van der Waals surface area contributed by atoms with Crippen LogP contribution in [0.5, 0.6) is 0 Å². The van der Waals surface area contributed by atoms with E-state index in [4.69, 9.17) is 10.3 Å². The molecular formula is C12H12N4O. The van der Waals surface area contributed by atoms with Gasteiger partial charge in [-0.25, -0.2) is 4.98 Å². The standard InChI is InChI=1S/C12H12N4O/c1-7-15-10-4-3-8(5-11(10)16(7)2)9-6-14-17-12(9)13/h3-6H,13H2,1-2H3. The number of benzene rings is 1. The Morgan fingerprint density at radius 3 is 2.88 bits per heavy atom. The van der Waals surface area contributed by atoms with Gasteiger partial charge >= 0.3 is 0 Å². The third-order valence-corrected chi connectivity index (χ3v) is 3.01. The zero-order chi connectivity index (χ0) is 12.0. The second-order valence-corrected chi connectivity index (χ2v) is 4.03. The van der Waals surface area contributed by atoms with Gasteiger partial charge in [0.25, 0.3) is 0 Å². The van der Waals surface area contributed by atoms with E-state index in [-0.39, 0.29) is 0 Å². The number of nitrogen functional groups attached to an aromatic ring is 1. The van der Waals surface area contributed by atoms with Crippen molar-refractivity contribution in [2.75, 3.05) is 5.73 Å². The fourth-order valence-corrected chi connectivity index (χ4v) is 1.94. The molecule has 3 aromatic rings. The third kappa shape index (κ3) is 1.39. The molecule has 0 saturated heterocycles. The van der Waals surface area contributed by atoms with Gasteiger partial charge in [-0.1, -0.05) is 11.2 Å². The Labute approximate surface area is 97.8 Å². The largest absolute Gasteiger partial charge is 0.367 e. The quantitative estimate of drug-likeness (QED) is 0.692. The summed E-state index contributed by atoms with van der Waals surface area (Å²) in [4.78, 5) is 4.45. The number of rotatable bonds is 1. The Kier molecular flexibility index (Phi) is 1.95. The van der Waals surface area contributed by atoms with Gasteiger partial charge in [0.15, 0.2) is 0 Å². The van der Waals surface area contributed by atoms with Crippen LogP contribution in [-0.4, -0.2) is 14.7 Å². The summed E-state index contributed by atoms with van der Waals surface area (Å²) in [6.07, 6.45) is 1.62. The van der Waals surface area contributed by atoms with E-state index in [1.165, 1.54) is 0 Å². The van der Waals surface area contributed by atoms with E-state index in [2.05, 4.69) is 10.1 Å². The number of nitrogens with zero attached hydrogens (tertiary/aromatic N) is 3. The maximum atomic E-state index is 5.71. The summed E-state index contributed by atoms with van der Waals surface area (Å²) in [5.41, 5.74) is 9.55. The number of hydrogen-bond acceptors (Lipinski definition) is 4. The molecule has 0 aliphatic carbocycles. The zero-order valence-corrected chi connectivity index (χ0v) is 9.64. The lowest BCUT2D eigenvalue weighted by Gasteiger charge is -2.00. The van der Waals surface area contributed by atoms with Gasteiger partial charge in [0.1, 0.15) is 5.82 Å². The van der Waals surface area contributed by atoms with Crippen molar-refractivity contribution in [1.29, 1.82) is 0 Å². The molecule has 0 spiro atoms. The molecule has 5 nitrogen and oxygen atoms in total. The lowest BCUT2D eigenvalue weighted by atomic mass is 10.1. The van der Waals surface area contributed by atoms with Gasteiger partial charge in [0, 0.05) is 7.05 Å². The second kappa shape index (κ2) is 3.35. The van der Waals surface area contributed by atoms with Crippen molar-refractivity contribution in [2.24, 2.45) is 7.05 Å². The number of fused-ring (bicyclic) bond motifs is 1. The summed E-state index contributed by atoms with van der Waals surface area (Å²) >= 11 is 0. The third-order valence-electron chi connectivity index (χ3n) is 3.01. The minimum absolute atomic E-state index is 0.336. The van der Waals surface area contributed by atoms with Gasteiger partial charge < -0.3 is 14.8 Å². The molecule has 0 radical (unpaired) electrons. The minimum Gasteiger partial charge on any atom is -0.367 e. The Morgan fingerprint density at radius 2 is 2.18 bits per heavy atom. The van der Waals surface area contributed by atoms with Crippen LogP contribution in [0.15, 0.2) is 28.9 Å². The predicted molar refractivity (Wildman–Crippen MR) is 65.4 cm³/mol. The Balaban J connectivity index is 2.26. The van der Waals surface area contributed by atoms with Gasteiger partial charge in [-0.15, -0.1) is 0 Å². The van der Waals surface area contributed by atoms with Crippen molar-refractivity contribution in [3.63, 3.8) is 0 Å². The lowest BCUT2D eigenvalue weighted by molar-refractivity contribution is 0.436. The van der Waals surface area contributed by atoms with E-state index in [9.17, 15) is 0 Å². The maximum absolute atomic E-state index is 5.71. The number of aryl methyl sites for hydroxylation is 2. The van der Waals surface area contributed by atoms with Crippen LogP contribution in [0.2, 0.25) is 0 Å². The lowest BCUT2D eigenvalue weighted by Crippen LogP contribution is -1.90. The molecule has 0 aliphatic heterocycles. The first kappa shape index (κ1) is 9.89. The van der Waals surface area contributed by atoms with E-state index >= 15 is 0 Å². The van der Waals surface area contributed by atoms with Crippen LogP contribution in [0.3, 0.4) is 0 Å². The van der Waals surface area contributed by atoms with Crippen LogP contribution >= 0.6 is 0 Å². The fraction of sp³-hybridized carbons (Fsp3) is 0.167. The molecule has 2 aromatic heterocycles. The molecule has 0 aliphatic rings. The van der Waals surface area contributed by atoms with Crippen molar-refractivity contribution in [3.8, 4) is 11.1 Å². The highest BCUT2D eigenvalue weighted by molar-refractivity contribution is 5.84. The van der Waals surface area contributed by atoms with Crippen LogP contribution in [0.25, 0.3) is 22.2 Å². The summed E-state index contributed by atoms with van der Waals surface area (Å²) in [5, 5.41) is 3.68. The molecule has 86 valence electrons. The van der Waals surface area contributed by atoms with Gasteiger partial charge in [-0.2, -0.15) is 0 Å². The SMILES string of the molecule is Cc1nc2ccc(-c3cnoc3N)cc2n1C. The molecule has 0 bridgehead atoms. The molecule has 0 amide bonds. The van der Waals surface area contributed by atoms with Crippen molar-refractivity contribution in [2.45, 2.75) is 6.92 Å². The van der Waals surface area contributed by atoms with Gasteiger partial charge in [0.05, 0.1) is 22.8 Å². The molecule has 0 atom stereocenters. The number of nitrogens with two attached hydrogens (primary N) is 1. The predicted octanol–water partition coefficient (Wildman–Crippen LogP) is 2.12. The van der Waals surface area contributed by atoms with Crippen LogP contribution in [-0.2, 0) is 7.05 Å². The van der Waals surface area contributed by atoms with E-state index < -0.39 is 0 Å². The monoisotopic (exact) mass is 228 g/mol. The highest BCUT2D eigenvalue weighted by Gasteiger charge is 2.10. The van der Waals surface area contributed by atoms with Crippen molar-refractivity contribution < 1.29 is 4.52 Å². The molecule has 17 heavy (non-hydrogen) atoms. The van der Waals surface area contributed by atoms with Crippen molar-refractivity contribution in [1.82, 2.24) is 14.7 Å². The van der Waals surface area contributed by atoms with Crippen LogP contribution in [0.1, 0.15) is 5.82 Å². The van der Waals surface area contributed by atoms with Crippen molar-refractivity contribution in [3.05, 3.63) is 30.2 Å². The van der Waals surface area contributed by atoms with Crippen LogP contribution < -0.4 is 5.73 Å². The average Bonchev–Trinajstić information content (AvgIpc) is 2.85. The summed E-state index contributed by atoms with van der Waals surface area (Å²) < 4.78 is 6.92. The van der Waals surface area contributed by atoms with Gasteiger partial charge in [0.2, 0.25) is 5.88 Å². The van der Waals surface area contributed by atoms with E-state index in [1.54, 1.807) is 6.20 Å². The van der Waals surface area contributed by atoms with Crippen LogP contribution in [0, 0.1) is 6.92 Å². The Bertz CT molecular complexity index is 696. The Hall–Kier alpha value is -2.30. The number of imidazole rings is 1. The summed E-state index contributed by atoms with van der Waals surface area (Å²) in [6, 6.07) is 5.99.